The molecular formula is C13H14N2O3. The van der Waals surface area contributed by atoms with Crippen molar-refractivity contribution >= 4 is 16.8 Å². The lowest BCUT2D eigenvalue weighted by atomic mass is 10.1. The van der Waals surface area contributed by atoms with Gasteiger partial charge in [0.15, 0.2) is 0 Å². The van der Waals surface area contributed by atoms with Gasteiger partial charge in [-0.15, -0.1) is 0 Å². The third-order valence-corrected chi connectivity index (χ3v) is 2.68. The average Bonchev–Trinajstić information content (AvgIpc) is 2.39. The fourth-order valence-corrected chi connectivity index (χ4v) is 1.68. The predicted octanol–water partition coefficient (Wildman–Crippen LogP) is 0.639. The normalized spacial score (nSPS) is 12.3. The largest absolute Gasteiger partial charge is 0.394 e. The van der Waals surface area contributed by atoms with Crippen LogP contribution in [-0.4, -0.2) is 28.6 Å². The van der Waals surface area contributed by atoms with E-state index in [4.69, 9.17) is 5.11 Å². The first kappa shape index (κ1) is 12.3. The Morgan fingerprint density at radius 3 is 2.89 bits per heavy atom. The van der Waals surface area contributed by atoms with E-state index in [2.05, 4.69) is 10.3 Å². The highest BCUT2D eigenvalue weighted by atomic mass is 16.3. The summed E-state index contributed by atoms with van der Waals surface area (Å²) in [5, 5.41) is 11.9. The van der Waals surface area contributed by atoms with Crippen molar-refractivity contribution in [3.8, 4) is 0 Å². The Labute approximate surface area is 103 Å². The molecule has 0 aliphatic heterocycles. The number of pyridine rings is 1. The summed E-state index contributed by atoms with van der Waals surface area (Å²) in [6.07, 6.45) is 1.39. The number of aliphatic hydroxyl groups excluding tert-OH is 1. The molecule has 0 bridgehead atoms. The molecule has 5 heteroatoms. The topological polar surface area (TPSA) is 82.2 Å². The molecule has 0 saturated carbocycles. The molecule has 94 valence electrons. The van der Waals surface area contributed by atoms with Gasteiger partial charge < -0.3 is 15.4 Å². The number of hydrogen-bond donors (Lipinski definition) is 3. The Balaban J connectivity index is 2.43. The van der Waals surface area contributed by atoms with Gasteiger partial charge in [-0.3, -0.25) is 9.59 Å². The molecule has 1 amide bonds. The first-order valence-electron chi connectivity index (χ1n) is 5.65. The zero-order valence-corrected chi connectivity index (χ0v) is 9.93. The minimum Gasteiger partial charge on any atom is -0.394 e. The van der Waals surface area contributed by atoms with Crippen LogP contribution in [0, 0.1) is 0 Å². The zero-order chi connectivity index (χ0) is 13.1. The molecule has 1 aromatic heterocycles. The molecule has 0 aliphatic carbocycles. The smallest absolute Gasteiger partial charge is 0.257 e. The Hall–Kier alpha value is -2.14. The Morgan fingerprint density at radius 2 is 2.17 bits per heavy atom. The van der Waals surface area contributed by atoms with Crippen molar-refractivity contribution in [3.05, 3.63) is 46.2 Å². The molecule has 1 aromatic carbocycles. The van der Waals surface area contributed by atoms with Crippen LogP contribution in [0.25, 0.3) is 10.9 Å². The molecule has 2 aromatic rings. The Bertz CT molecular complexity index is 633. The molecule has 0 fully saturated rings. The van der Waals surface area contributed by atoms with Crippen LogP contribution in [0.1, 0.15) is 17.3 Å². The number of aromatic amines is 1. The first-order valence-corrected chi connectivity index (χ1v) is 5.65. The van der Waals surface area contributed by atoms with Crippen molar-refractivity contribution in [2.75, 3.05) is 6.61 Å². The van der Waals surface area contributed by atoms with Crippen molar-refractivity contribution in [2.24, 2.45) is 0 Å². The summed E-state index contributed by atoms with van der Waals surface area (Å²) >= 11 is 0. The van der Waals surface area contributed by atoms with Gasteiger partial charge in [0, 0.05) is 23.1 Å². The van der Waals surface area contributed by atoms with Gasteiger partial charge >= 0.3 is 0 Å². The van der Waals surface area contributed by atoms with Gasteiger partial charge in [0.2, 0.25) is 5.43 Å². The summed E-state index contributed by atoms with van der Waals surface area (Å²) in [6.45, 7) is 1.49. The number of benzene rings is 1. The number of fused-ring (bicyclic) bond motifs is 1. The number of hydrogen-bond acceptors (Lipinski definition) is 3. The third kappa shape index (κ3) is 2.26. The van der Waals surface area contributed by atoms with Gasteiger partial charge in [-0.05, 0) is 19.1 Å². The fraction of sp³-hybridized carbons (Fsp3) is 0.231. The third-order valence-electron chi connectivity index (χ3n) is 2.68. The molecule has 0 radical (unpaired) electrons. The molecule has 5 nitrogen and oxygen atoms in total. The molecular weight excluding hydrogens is 232 g/mol. The standard InChI is InChI=1S/C13H14N2O3/c1-8(7-16)15-13(18)10-6-14-11-5-3-2-4-9(11)12(10)17/h2-6,8,16H,7H2,1H3,(H,14,17)(H,15,18)/t8-/m1/s1. The second kappa shape index (κ2) is 5.01. The van der Waals surface area contributed by atoms with Gasteiger partial charge in [-0.2, -0.15) is 0 Å². The number of carbonyl (C=O) groups is 1. The number of para-hydroxylation sites is 1. The summed E-state index contributed by atoms with van der Waals surface area (Å²) in [4.78, 5) is 26.8. The molecule has 0 unspecified atom stereocenters. The summed E-state index contributed by atoms with van der Waals surface area (Å²) in [6, 6.07) is 6.61. The maximum Gasteiger partial charge on any atom is 0.257 e. The van der Waals surface area contributed by atoms with E-state index in [1.807, 2.05) is 6.07 Å². The van der Waals surface area contributed by atoms with E-state index in [0.29, 0.717) is 10.9 Å². The van der Waals surface area contributed by atoms with Crippen molar-refractivity contribution in [1.29, 1.82) is 0 Å². The lowest BCUT2D eigenvalue weighted by Crippen LogP contribution is -2.37. The predicted molar refractivity (Wildman–Crippen MR) is 68.6 cm³/mol. The molecule has 18 heavy (non-hydrogen) atoms. The molecule has 0 saturated heterocycles. The van der Waals surface area contributed by atoms with Crippen LogP contribution in [0.5, 0.6) is 0 Å². The van der Waals surface area contributed by atoms with E-state index >= 15 is 0 Å². The average molecular weight is 246 g/mol. The van der Waals surface area contributed by atoms with Gasteiger partial charge in [-0.25, -0.2) is 0 Å². The maximum atomic E-state index is 12.1. The zero-order valence-electron chi connectivity index (χ0n) is 9.93. The van der Waals surface area contributed by atoms with Crippen LogP contribution < -0.4 is 10.7 Å². The van der Waals surface area contributed by atoms with Crippen LogP contribution in [-0.2, 0) is 0 Å². The molecule has 2 rings (SSSR count). The van der Waals surface area contributed by atoms with E-state index in [0.717, 1.165) is 0 Å². The van der Waals surface area contributed by atoms with Crippen molar-refractivity contribution in [2.45, 2.75) is 13.0 Å². The van der Waals surface area contributed by atoms with E-state index < -0.39 is 5.91 Å². The molecule has 1 atom stereocenters. The van der Waals surface area contributed by atoms with Crippen molar-refractivity contribution < 1.29 is 9.90 Å². The number of aromatic nitrogens is 1. The van der Waals surface area contributed by atoms with E-state index in [-0.39, 0.29) is 23.6 Å². The Morgan fingerprint density at radius 1 is 1.44 bits per heavy atom. The fourth-order valence-electron chi connectivity index (χ4n) is 1.68. The minimum absolute atomic E-state index is 0.0500. The quantitative estimate of drug-likeness (QED) is 0.743. The number of carbonyl (C=O) groups excluding carboxylic acids is 1. The SMILES string of the molecule is C[C@H](CO)NC(=O)c1c[nH]c2ccccc2c1=O. The summed E-state index contributed by atoms with van der Waals surface area (Å²) in [7, 11) is 0. The minimum atomic E-state index is -0.483. The van der Waals surface area contributed by atoms with Crippen LogP contribution in [0.2, 0.25) is 0 Å². The number of nitrogens with one attached hydrogen (secondary N) is 2. The van der Waals surface area contributed by atoms with Crippen LogP contribution in [0.15, 0.2) is 35.3 Å². The van der Waals surface area contributed by atoms with E-state index in [1.165, 1.54) is 6.20 Å². The highest BCUT2D eigenvalue weighted by molar-refractivity contribution is 5.97. The number of aliphatic hydroxyl groups is 1. The number of amides is 1. The molecule has 0 aliphatic rings. The lowest BCUT2D eigenvalue weighted by Gasteiger charge is -2.10. The van der Waals surface area contributed by atoms with Gasteiger partial charge in [0.05, 0.1) is 6.61 Å². The molecule has 3 N–H and O–H groups in total. The second-order valence-electron chi connectivity index (χ2n) is 4.13. The van der Waals surface area contributed by atoms with Crippen LogP contribution in [0.3, 0.4) is 0 Å². The summed E-state index contributed by atoms with van der Waals surface area (Å²) in [5.74, 6) is -0.483. The maximum absolute atomic E-state index is 12.1. The number of H-pyrrole nitrogens is 1. The van der Waals surface area contributed by atoms with E-state index in [1.54, 1.807) is 25.1 Å². The van der Waals surface area contributed by atoms with Gasteiger partial charge in [0.25, 0.3) is 5.91 Å². The van der Waals surface area contributed by atoms with E-state index in [9.17, 15) is 9.59 Å². The Kier molecular flexibility index (Phi) is 3.43. The highest BCUT2D eigenvalue weighted by Crippen LogP contribution is 2.06. The summed E-state index contributed by atoms with van der Waals surface area (Å²) in [5.41, 5.74) is 0.426. The monoisotopic (exact) mass is 246 g/mol. The first-order chi connectivity index (χ1) is 8.63. The second-order valence-corrected chi connectivity index (χ2v) is 4.13. The van der Waals surface area contributed by atoms with Crippen molar-refractivity contribution in [3.63, 3.8) is 0 Å². The molecule has 1 heterocycles. The van der Waals surface area contributed by atoms with Gasteiger partial charge in [-0.1, -0.05) is 12.1 Å². The number of rotatable bonds is 3. The summed E-state index contributed by atoms with van der Waals surface area (Å²) < 4.78 is 0. The van der Waals surface area contributed by atoms with Crippen LogP contribution in [0.4, 0.5) is 0 Å². The lowest BCUT2D eigenvalue weighted by molar-refractivity contribution is 0.0921. The van der Waals surface area contributed by atoms with Gasteiger partial charge in [0.1, 0.15) is 5.56 Å². The van der Waals surface area contributed by atoms with Crippen molar-refractivity contribution in [1.82, 2.24) is 10.3 Å². The van der Waals surface area contributed by atoms with Crippen LogP contribution >= 0.6 is 0 Å². The molecule has 0 spiro atoms. The highest BCUT2D eigenvalue weighted by Gasteiger charge is 2.14.